The van der Waals surface area contributed by atoms with Gasteiger partial charge in [-0.3, -0.25) is 24.6 Å². The van der Waals surface area contributed by atoms with Crippen LogP contribution in [0.3, 0.4) is 0 Å². The smallest absolute Gasteiger partial charge is 0.323 e. The molecular weight excluding hydrogens is 344 g/mol. The molecule has 10 heteroatoms. The first-order valence-electron chi connectivity index (χ1n) is 6.13. The Bertz CT molecular complexity index is 746. The Kier molecular flexibility index (Phi) is 4.96. The fourth-order valence-corrected chi connectivity index (χ4v) is 3.18. The minimum atomic E-state index is -1.18. The van der Waals surface area contributed by atoms with Crippen LogP contribution in [-0.4, -0.2) is 44.8 Å². The summed E-state index contributed by atoms with van der Waals surface area (Å²) >= 11 is 5.91. The van der Waals surface area contributed by atoms with E-state index in [2.05, 4.69) is 0 Å². The van der Waals surface area contributed by atoms with E-state index in [0.717, 1.165) is 16.7 Å². The number of hydrogen-bond donors (Lipinski definition) is 1. The van der Waals surface area contributed by atoms with E-state index >= 15 is 0 Å². The predicted molar refractivity (Wildman–Crippen MR) is 87.2 cm³/mol. The van der Waals surface area contributed by atoms with Crippen LogP contribution in [0.1, 0.15) is 5.56 Å². The third-order valence-electron chi connectivity index (χ3n) is 2.88. The Morgan fingerprint density at radius 1 is 1.57 bits per heavy atom. The summed E-state index contributed by atoms with van der Waals surface area (Å²) in [4.78, 5) is 34.5. The van der Waals surface area contributed by atoms with Gasteiger partial charge in [0.05, 0.1) is 16.9 Å². The van der Waals surface area contributed by atoms with Crippen molar-refractivity contribution in [3.8, 4) is 5.75 Å². The lowest BCUT2D eigenvalue weighted by molar-refractivity contribution is -0.385. The lowest BCUT2D eigenvalue weighted by Crippen LogP contribution is -2.33. The van der Waals surface area contributed by atoms with E-state index in [1.54, 1.807) is 6.07 Å². The molecule has 0 aliphatic carbocycles. The van der Waals surface area contributed by atoms with Crippen molar-refractivity contribution in [1.29, 1.82) is 0 Å². The topological polar surface area (TPSA) is 110 Å². The molecule has 1 aliphatic heterocycles. The SMILES string of the molecule is COc1c(/C=C2/SC(=S)N(CC(=O)O)C2=O)cccc1[N+](=O)[O-]. The summed E-state index contributed by atoms with van der Waals surface area (Å²) in [5.74, 6) is -1.73. The minimum Gasteiger partial charge on any atom is -0.490 e. The highest BCUT2D eigenvalue weighted by Gasteiger charge is 2.33. The fourth-order valence-electron chi connectivity index (χ4n) is 1.93. The molecule has 23 heavy (non-hydrogen) atoms. The van der Waals surface area contributed by atoms with Crippen molar-refractivity contribution < 1.29 is 24.4 Å². The molecular formula is C13H10N2O6S2. The fraction of sp³-hybridized carbons (Fsp3) is 0.154. The molecule has 1 N–H and O–H groups in total. The lowest BCUT2D eigenvalue weighted by Gasteiger charge is -2.10. The van der Waals surface area contributed by atoms with Gasteiger partial charge in [-0.05, 0) is 6.08 Å². The van der Waals surface area contributed by atoms with Crippen LogP contribution in [0.15, 0.2) is 23.1 Å². The van der Waals surface area contributed by atoms with Crippen LogP contribution < -0.4 is 4.74 Å². The number of carboxylic acid groups (broad SMARTS) is 1. The predicted octanol–water partition coefficient (Wildman–Crippen LogP) is 1.89. The number of hydrogen-bond acceptors (Lipinski definition) is 7. The van der Waals surface area contributed by atoms with Crippen molar-refractivity contribution in [2.24, 2.45) is 0 Å². The Hall–Kier alpha value is -2.46. The maximum Gasteiger partial charge on any atom is 0.323 e. The number of methoxy groups -OCH3 is 1. The molecule has 0 saturated carbocycles. The normalized spacial score (nSPS) is 16.0. The molecule has 0 bridgehead atoms. The van der Waals surface area contributed by atoms with Crippen molar-refractivity contribution in [3.05, 3.63) is 38.8 Å². The average Bonchev–Trinajstić information content (AvgIpc) is 2.74. The summed E-state index contributed by atoms with van der Waals surface area (Å²) in [5, 5.41) is 19.8. The zero-order valence-corrected chi connectivity index (χ0v) is 13.3. The van der Waals surface area contributed by atoms with E-state index in [9.17, 15) is 19.7 Å². The van der Waals surface area contributed by atoms with Crippen LogP contribution in [0.2, 0.25) is 0 Å². The first kappa shape index (κ1) is 16.9. The number of amides is 1. The summed E-state index contributed by atoms with van der Waals surface area (Å²) in [6.45, 7) is -0.534. The highest BCUT2D eigenvalue weighted by Crippen LogP contribution is 2.37. The van der Waals surface area contributed by atoms with E-state index in [-0.39, 0.29) is 20.7 Å². The van der Waals surface area contributed by atoms with Gasteiger partial charge in [0, 0.05) is 11.6 Å². The zero-order valence-electron chi connectivity index (χ0n) is 11.7. The largest absolute Gasteiger partial charge is 0.490 e. The number of nitrogens with zero attached hydrogens (tertiary/aromatic N) is 2. The standard InChI is InChI=1S/C13H10N2O6S2/c1-21-11-7(3-2-4-8(11)15(19)20)5-9-12(18)14(6-10(16)17)13(22)23-9/h2-5H,6H2,1H3,(H,16,17)/b9-5+. The minimum absolute atomic E-state index is 0.0148. The van der Waals surface area contributed by atoms with E-state index in [1.807, 2.05) is 0 Å². The van der Waals surface area contributed by atoms with E-state index in [4.69, 9.17) is 22.1 Å². The second-order valence-corrected chi connectivity index (χ2v) is 5.99. The zero-order chi connectivity index (χ0) is 17.1. The van der Waals surface area contributed by atoms with Crippen LogP contribution in [-0.2, 0) is 9.59 Å². The van der Waals surface area contributed by atoms with Crippen LogP contribution >= 0.6 is 24.0 Å². The summed E-state index contributed by atoms with van der Waals surface area (Å²) in [5.41, 5.74) is 0.0970. The van der Waals surface area contributed by atoms with Crippen LogP contribution in [0.25, 0.3) is 6.08 Å². The number of benzene rings is 1. The molecule has 1 heterocycles. The summed E-state index contributed by atoms with van der Waals surface area (Å²) in [6.07, 6.45) is 1.40. The van der Waals surface area contributed by atoms with Gasteiger partial charge in [-0.2, -0.15) is 0 Å². The molecule has 1 aliphatic rings. The number of carboxylic acids is 1. The number of carbonyl (C=O) groups is 2. The molecule has 1 saturated heterocycles. The lowest BCUT2D eigenvalue weighted by atomic mass is 10.1. The number of carbonyl (C=O) groups excluding carboxylic acids is 1. The van der Waals surface area contributed by atoms with Gasteiger partial charge in [0.15, 0.2) is 0 Å². The van der Waals surface area contributed by atoms with E-state index < -0.39 is 23.3 Å². The monoisotopic (exact) mass is 354 g/mol. The van der Waals surface area contributed by atoms with Gasteiger partial charge in [0.1, 0.15) is 10.9 Å². The first-order chi connectivity index (χ1) is 10.8. The summed E-state index contributed by atoms with van der Waals surface area (Å²) < 4.78 is 5.17. The number of nitro benzene ring substituents is 1. The number of aliphatic carboxylic acids is 1. The highest BCUT2D eigenvalue weighted by atomic mass is 32.2. The van der Waals surface area contributed by atoms with Crippen molar-refractivity contribution >= 4 is 51.9 Å². The number of rotatable bonds is 5. The van der Waals surface area contributed by atoms with Gasteiger partial charge in [0.2, 0.25) is 5.75 Å². The van der Waals surface area contributed by atoms with Crippen LogP contribution in [0.5, 0.6) is 5.75 Å². The quantitative estimate of drug-likeness (QED) is 0.369. The molecule has 120 valence electrons. The number of nitro groups is 1. The van der Waals surface area contributed by atoms with Crippen molar-refractivity contribution in [3.63, 3.8) is 0 Å². The Morgan fingerprint density at radius 3 is 2.83 bits per heavy atom. The van der Waals surface area contributed by atoms with Gasteiger partial charge >= 0.3 is 11.7 Å². The van der Waals surface area contributed by atoms with Gasteiger partial charge in [-0.1, -0.05) is 36.1 Å². The first-order valence-corrected chi connectivity index (χ1v) is 7.36. The number of thioether (sulfide) groups is 1. The van der Waals surface area contributed by atoms with Gasteiger partial charge in [0.25, 0.3) is 5.91 Å². The van der Waals surface area contributed by atoms with Crippen molar-refractivity contribution in [1.82, 2.24) is 4.90 Å². The summed E-state index contributed by atoms with van der Waals surface area (Å²) in [7, 11) is 1.29. The van der Waals surface area contributed by atoms with Gasteiger partial charge in [-0.25, -0.2) is 0 Å². The molecule has 0 atom stereocenters. The number of para-hydroxylation sites is 1. The van der Waals surface area contributed by atoms with Gasteiger partial charge in [-0.15, -0.1) is 0 Å². The molecule has 0 radical (unpaired) electrons. The second-order valence-electron chi connectivity index (χ2n) is 4.32. The molecule has 1 aromatic carbocycles. The summed E-state index contributed by atoms with van der Waals surface area (Å²) in [6, 6.07) is 4.30. The molecule has 0 aromatic heterocycles. The maximum absolute atomic E-state index is 12.2. The van der Waals surface area contributed by atoms with Gasteiger partial charge < -0.3 is 9.84 Å². The maximum atomic E-state index is 12.2. The van der Waals surface area contributed by atoms with E-state index in [0.29, 0.717) is 5.56 Å². The van der Waals surface area contributed by atoms with E-state index in [1.165, 1.54) is 25.3 Å². The molecule has 1 aromatic rings. The van der Waals surface area contributed by atoms with Crippen molar-refractivity contribution in [2.75, 3.05) is 13.7 Å². The highest BCUT2D eigenvalue weighted by molar-refractivity contribution is 8.26. The Balaban J connectivity index is 2.42. The Morgan fingerprint density at radius 2 is 2.26 bits per heavy atom. The van der Waals surface area contributed by atoms with Crippen molar-refractivity contribution in [2.45, 2.75) is 0 Å². The average molecular weight is 354 g/mol. The molecule has 0 spiro atoms. The molecule has 2 rings (SSSR count). The van der Waals surface area contributed by atoms with Crippen LogP contribution in [0, 0.1) is 10.1 Å². The third kappa shape index (κ3) is 3.48. The molecule has 1 amide bonds. The van der Waals surface area contributed by atoms with Crippen LogP contribution in [0.4, 0.5) is 5.69 Å². The molecule has 1 fully saturated rings. The third-order valence-corrected chi connectivity index (χ3v) is 4.26. The molecule has 0 unspecified atom stereocenters. The number of thiocarbonyl (C=S) groups is 1. The number of ether oxygens (including phenoxy) is 1. The second kappa shape index (κ2) is 6.75. The Labute approximate surface area is 139 Å². The molecule has 8 nitrogen and oxygen atoms in total.